The lowest BCUT2D eigenvalue weighted by molar-refractivity contribution is -0.118. The zero-order chi connectivity index (χ0) is 27.9. The molecule has 0 bridgehead atoms. The average molecular weight is 539 g/mol. The van der Waals surface area contributed by atoms with Crippen LogP contribution >= 0.6 is 0 Å². The maximum absolute atomic E-state index is 14.4. The Balaban J connectivity index is 1.40. The molecule has 39 heavy (non-hydrogen) atoms. The number of likely N-dealkylation sites (N-methyl/N-ethyl adjacent to an activating group) is 1. The molecule has 210 valence electrons. The van der Waals surface area contributed by atoms with Gasteiger partial charge < -0.3 is 25.4 Å². The molecule has 0 aliphatic heterocycles. The summed E-state index contributed by atoms with van der Waals surface area (Å²) in [5.74, 6) is -0.749. The molecule has 0 radical (unpaired) electrons. The maximum Gasteiger partial charge on any atom is 0.242 e. The van der Waals surface area contributed by atoms with E-state index in [9.17, 15) is 13.6 Å². The van der Waals surface area contributed by atoms with E-state index < -0.39 is 17.7 Å². The van der Waals surface area contributed by atoms with E-state index in [0.717, 1.165) is 42.3 Å². The van der Waals surface area contributed by atoms with E-state index in [1.807, 2.05) is 35.9 Å². The van der Waals surface area contributed by atoms with Crippen LogP contribution in [-0.4, -0.2) is 59.1 Å². The Morgan fingerprint density at radius 3 is 2.79 bits per heavy atom. The van der Waals surface area contributed by atoms with E-state index >= 15 is 0 Å². The van der Waals surface area contributed by atoms with Crippen LogP contribution in [0.4, 0.5) is 14.6 Å². The highest BCUT2D eigenvalue weighted by atomic mass is 19.1. The number of aryl methyl sites for hydroxylation is 1. The molecule has 3 aromatic rings. The van der Waals surface area contributed by atoms with Crippen LogP contribution in [0, 0.1) is 11.6 Å². The van der Waals surface area contributed by atoms with Gasteiger partial charge >= 0.3 is 0 Å². The van der Waals surface area contributed by atoms with Gasteiger partial charge in [-0.05, 0) is 75.5 Å². The van der Waals surface area contributed by atoms with Crippen LogP contribution in [0.25, 0.3) is 5.69 Å². The smallest absolute Gasteiger partial charge is 0.242 e. The van der Waals surface area contributed by atoms with E-state index in [0.29, 0.717) is 43.2 Å². The number of aromatic nitrogens is 2. The summed E-state index contributed by atoms with van der Waals surface area (Å²) >= 11 is 0. The first-order valence-corrected chi connectivity index (χ1v) is 13.8. The number of hydrogen-bond acceptors (Lipinski definition) is 5. The minimum absolute atomic E-state index is 0.0633. The number of hydrogen-bond donors (Lipinski definition) is 3. The monoisotopic (exact) mass is 538 g/mol. The van der Waals surface area contributed by atoms with Gasteiger partial charge in [0, 0.05) is 31.2 Å². The van der Waals surface area contributed by atoms with Crippen molar-refractivity contribution in [3.8, 4) is 5.69 Å². The Hall–Kier alpha value is -3.14. The minimum atomic E-state index is -0.543. The van der Waals surface area contributed by atoms with Gasteiger partial charge in [0.25, 0.3) is 0 Å². The van der Waals surface area contributed by atoms with Crippen molar-refractivity contribution in [3.63, 3.8) is 0 Å². The molecule has 1 aromatic heterocycles. The molecule has 4 rings (SSSR count). The number of rotatable bonds is 12. The van der Waals surface area contributed by atoms with Gasteiger partial charge in [0.15, 0.2) is 5.82 Å². The molecule has 0 fully saturated rings. The SMILES string of the molecule is CCC[C@H](N[C@H]1CCc2cc(F)cc(F)c2C1)C(=O)Nc1cn(-c2ccccc2CNC(C)CN(C)C)cn1. The predicted octanol–water partition coefficient (Wildman–Crippen LogP) is 4.44. The van der Waals surface area contributed by atoms with Crippen LogP contribution in [0.5, 0.6) is 0 Å². The van der Waals surface area contributed by atoms with Gasteiger partial charge in [0.2, 0.25) is 5.91 Å². The number of imidazole rings is 1. The number of nitrogens with one attached hydrogen (secondary N) is 3. The van der Waals surface area contributed by atoms with Gasteiger partial charge in [-0.2, -0.15) is 0 Å². The summed E-state index contributed by atoms with van der Waals surface area (Å²) in [5, 5.41) is 9.95. The summed E-state index contributed by atoms with van der Waals surface area (Å²) in [7, 11) is 4.12. The van der Waals surface area contributed by atoms with Crippen LogP contribution in [0.2, 0.25) is 0 Å². The number of benzene rings is 2. The number of fused-ring (bicyclic) bond motifs is 1. The number of carbonyl (C=O) groups excluding carboxylic acids is 1. The first kappa shape index (κ1) is 28.9. The molecule has 9 heteroatoms. The lowest BCUT2D eigenvalue weighted by Crippen LogP contribution is -2.48. The average Bonchev–Trinajstić information content (AvgIpc) is 3.35. The van der Waals surface area contributed by atoms with Crippen molar-refractivity contribution >= 4 is 11.7 Å². The fourth-order valence-corrected chi connectivity index (χ4v) is 5.33. The predicted molar refractivity (Wildman–Crippen MR) is 151 cm³/mol. The number of nitrogens with zero attached hydrogens (tertiary/aromatic N) is 3. The van der Waals surface area contributed by atoms with Crippen LogP contribution < -0.4 is 16.0 Å². The van der Waals surface area contributed by atoms with Gasteiger partial charge in [-0.3, -0.25) is 4.79 Å². The highest BCUT2D eigenvalue weighted by Crippen LogP contribution is 2.26. The number of anilines is 1. The molecule has 0 saturated heterocycles. The van der Waals surface area contributed by atoms with E-state index in [1.54, 1.807) is 6.33 Å². The third kappa shape index (κ3) is 7.71. The van der Waals surface area contributed by atoms with Crippen LogP contribution in [0.3, 0.4) is 0 Å². The fraction of sp³-hybridized carbons (Fsp3) is 0.467. The molecule has 1 unspecified atom stereocenters. The second kappa shape index (κ2) is 13.3. The van der Waals surface area contributed by atoms with Crippen LogP contribution in [-0.2, 0) is 24.2 Å². The minimum Gasteiger partial charge on any atom is -0.309 e. The Morgan fingerprint density at radius 1 is 1.23 bits per heavy atom. The Kier molecular flexibility index (Phi) is 9.83. The van der Waals surface area contributed by atoms with E-state index in [2.05, 4.69) is 52.9 Å². The first-order chi connectivity index (χ1) is 18.7. The van der Waals surface area contributed by atoms with E-state index in [1.165, 1.54) is 6.07 Å². The standard InChI is InChI=1S/C30H40F2N6O/c1-5-8-27(35-24-12-11-21-13-23(31)14-26(32)25(21)15-24)30(39)36-29-18-38(19-34-29)28-10-7-6-9-22(28)16-33-20(2)17-37(3)4/h6-7,9-10,13-14,18-20,24,27,33,35H,5,8,11-12,15-17H2,1-4H3,(H,36,39)/t20?,24-,27-/m0/s1. The Labute approximate surface area is 230 Å². The third-order valence-electron chi connectivity index (χ3n) is 7.18. The summed E-state index contributed by atoms with van der Waals surface area (Å²) in [4.78, 5) is 19.8. The molecule has 1 heterocycles. The highest BCUT2D eigenvalue weighted by molar-refractivity contribution is 5.94. The zero-order valence-electron chi connectivity index (χ0n) is 23.3. The maximum atomic E-state index is 14.4. The summed E-state index contributed by atoms with van der Waals surface area (Å²) in [6, 6.07) is 10.3. The number of halogens is 2. The van der Waals surface area contributed by atoms with Gasteiger partial charge in [-0.25, -0.2) is 13.8 Å². The number of para-hydroxylation sites is 1. The van der Waals surface area contributed by atoms with Crippen molar-refractivity contribution < 1.29 is 13.6 Å². The fourth-order valence-electron chi connectivity index (χ4n) is 5.33. The van der Waals surface area contributed by atoms with Gasteiger partial charge in [-0.15, -0.1) is 0 Å². The first-order valence-electron chi connectivity index (χ1n) is 13.8. The van der Waals surface area contributed by atoms with Crippen molar-refractivity contribution in [1.29, 1.82) is 0 Å². The van der Waals surface area contributed by atoms with Crippen molar-refractivity contribution in [2.45, 2.75) is 70.6 Å². The molecule has 2 aromatic carbocycles. The second-order valence-electron chi connectivity index (χ2n) is 10.8. The molecule has 1 aliphatic carbocycles. The second-order valence-corrected chi connectivity index (χ2v) is 10.8. The molecule has 0 saturated carbocycles. The third-order valence-corrected chi connectivity index (χ3v) is 7.18. The van der Waals surface area contributed by atoms with E-state index in [-0.39, 0.29) is 11.9 Å². The van der Waals surface area contributed by atoms with Crippen LogP contribution in [0.1, 0.15) is 49.8 Å². The van der Waals surface area contributed by atoms with Gasteiger partial charge in [0.05, 0.1) is 17.9 Å². The van der Waals surface area contributed by atoms with E-state index in [4.69, 9.17) is 0 Å². The quantitative estimate of drug-likeness (QED) is 0.318. The summed E-state index contributed by atoms with van der Waals surface area (Å²) < 4.78 is 29.9. The summed E-state index contributed by atoms with van der Waals surface area (Å²) in [5.41, 5.74) is 3.39. The Morgan fingerprint density at radius 2 is 2.03 bits per heavy atom. The molecule has 3 atom stereocenters. The summed E-state index contributed by atoms with van der Waals surface area (Å²) in [6.45, 7) is 5.85. The largest absolute Gasteiger partial charge is 0.309 e. The molecule has 1 amide bonds. The molecular formula is C30H40F2N6O. The Bertz CT molecular complexity index is 1260. The molecule has 0 spiro atoms. The zero-order valence-corrected chi connectivity index (χ0v) is 23.3. The van der Waals surface area contributed by atoms with Crippen molar-refractivity contribution in [1.82, 2.24) is 25.1 Å². The topological polar surface area (TPSA) is 74.2 Å². The van der Waals surface area contributed by atoms with Crippen LogP contribution in [0.15, 0.2) is 48.9 Å². The molecule has 7 nitrogen and oxygen atoms in total. The lowest BCUT2D eigenvalue weighted by atomic mass is 9.87. The van der Waals surface area contributed by atoms with Crippen molar-refractivity contribution in [3.05, 3.63) is 77.2 Å². The van der Waals surface area contributed by atoms with Crippen molar-refractivity contribution in [2.24, 2.45) is 0 Å². The van der Waals surface area contributed by atoms with Gasteiger partial charge in [-0.1, -0.05) is 31.5 Å². The lowest BCUT2D eigenvalue weighted by Gasteiger charge is -2.29. The molecular weight excluding hydrogens is 498 g/mol. The highest BCUT2D eigenvalue weighted by Gasteiger charge is 2.27. The molecule has 1 aliphatic rings. The number of amides is 1. The van der Waals surface area contributed by atoms with Gasteiger partial charge in [0.1, 0.15) is 18.0 Å². The molecule has 3 N–H and O–H groups in total. The van der Waals surface area contributed by atoms with Crippen molar-refractivity contribution in [2.75, 3.05) is 26.0 Å². The normalized spacial score (nSPS) is 16.6. The summed E-state index contributed by atoms with van der Waals surface area (Å²) in [6.07, 6.45) is 6.71. The number of carbonyl (C=O) groups is 1.